The first-order valence-electron chi connectivity index (χ1n) is 6.30. The molecule has 0 aliphatic carbocycles. The average molecular weight is 261 g/mol. The lowest BCUT2D eigenvalue weighted by atomic mass is 9.82. The van der Waals surface area contributed by atoms with E-state index in [0.717, 1.165) is 4.90 Å². The summed E-state index contributed by atoms with van der Waals surface area (Å²) in [6, 6.07) is 7.14. The Labute approximate surface area is 111 Å². The largest absolute Gasteiger partial charge is 0.379 e. The molecule has 1 atom stereocenters. The van der Waals surface area contributed by atoms with Crippen LogP contribution in [0, 0.1) is 0 Å². The number of likely N-dealkylation sites (N-methyl/N-ethyl adjacent to an activating group) is 1. The molecular formula is C14H15NO4. The molecule has 1 saturated heterocycles. The van der Waals surface area contributed by atoms with E-state index in [1.807, 2.05) is 6.07 Å². The summed E-state index contributed by atoms with van der Waals surface area (Å²) < 4.78 is 11.2. The Morgan fingerprint density at radius 3 is 2.79 bits per heavy atom. The highest BCUT2D eigenvalue weighted by atomic mass is 16.6. The van der Waals surface area contributed by atoms with Gasteiger partial charge in [0.2, 0.25) is 0 Å². The van der Waals surface area contributed by atoms with Crippen LogP contribution in [0.2, 0.25) is 0 Å². The minimum absolute atomic E-state index is 0.278. The summed E-state index contributed by atoms with van der Waals surface area (Å²) >= 11 is 0. The maximum absolute atomic E-state index is 12.6. The Balaban J connectivity index is 2.19. The number of carbonyl (C=O) groups is 2. The molecule has 1 fully saturated rings. The van der Waals surface area contributed by atoms with Crippen LogP contribution >= 0.6 is 0 Å². The third-order valence-electron chi connectivity index (χ3n) is 3.72. The van der Waals surface area contributed by atoms with Gasteiger partial charge in [0.05, 0.1) is 19.8 Å². The molecule has 19 heavy (non-hydrogen) atoms. The molecule has 0 saturated carbocycles. The number of rotatable bonds is 0. The Bertz CT molecular complexity index is 532. The lowest BCUT2D eigenvalue weighted by molar-refractivity contribution is -0.157. The van der Waals surface area contributed by atoms with Gasteiger partial charge in [-0.05, 0) is 6.07 Å². The quantitative estimate of drug-likeness (QED) is 0.652. The molecule has 2 aliphatic heterocycles. The van der Waals surface area contributed by atoms with Crippen molar-refractivity contribution in [3.05, 3.63) is 35.4 Å². The number of benzene rings is 1. The third-order valence-corrected chi connectivity index (χ3v) is 3.72. The summed E-state index contributed by atoms with van der Waals surface area (Å²) in [7, 11) is 1.50. The van der Waals surface area contributed by atoms with Gasteiger partial charge in [0.15, 0.2) is 5.60 Å². The van der Waals surface area contributed by atoms with Crippen LogP contribution < -0.4 is 0 Å². The minimum Gasteiger partial charge on any atom is -0.379 e. The molecule has 0 aromatic heterocycles. The van der Waals surface area contributed by atoms with E-state index in [9.17, 15) is 9.59 Å². The molecule has 0 N–H and O–H groups in total. The number of amides is 2. The van der Waals surface area contributed by atoms with Gasteiger partial charge in [0.25, 0.3) is 11.8 Å². The molecule has 2 heterocycles. The number of imide groups is 1. The van der Waals surface area contributed by atoms with Crippen molar-refractivity contribution in [1.29, 1.82) is 0 Å². The number of nitrogens with zero attached hydrogens (tertiary/aromatic N) is 1. The Kier molecular flexibility index (Phi) is 2.88. The van der Waals surface area contributed by atoms with E-state index in [0.29, 0.717) is 37.4 Å². The van der Waals surface area contributed by atoms with Crippen molar-refractivity contribution in [1.82, 2.24) is 4.90 Å². The monoisotopic (exact) mass is 261 g/mol. The van der Waals surface area contributed by atoms with E-state index in [1.165, 1.54) is 7.05 Å². The molecule has 0 radical (unpaired) electrons. The summed E-state index contributed by atoms with van der Waals surface area (Å²) in [5, 5.41) is 0. The predicted molar refractivity (Wildman–Crippen MR) is 66.6 cm³/mol. The highest BCUT2D eigenvalue weighted by Gasteiger charge is 2.50. The van der Waals surface area contributed by atoms with E-state index in [1.54, 1.807) is 18.2 Å². The molecule has 1 spiro atoms. The van der Waals surface area contributed by atoms with E-state index in [-0.39, 0.29) is 11.8 Å². The van der Waals surface area contributed by atoms with Gasteiger partial charge in [0, 0.05) is 24.6 Å². The van der Waals surface area contributed by atoms with Crippen LogP contribution in [0.5, 0.6) is 0 Å². The standard InChI is InChI=1S/C14H15NO4/c1-15-12(16)10-4-2-3-5-11(10)14(13(15)17)6-7-18-8-9-19-14/h2-5H,6-9H2,1H3. The highest BCUT2D eigenvalue weighted by molar-refractivity contribution is 6.12. The second kappa shape index (κ2) is 4.43. The molecule has 3 rings (SSSR count). The van der Waals surface area contributed by atoms with Gasteiger partial charge in [-0.2, -0.15) is 0 Å². The van der Waals surface area contributed by atoms with Gasteiger partial charge in [0.1, 0.15) is 0 Å². The fraction of sp³-hybridized carbons (Fsp3) is 0.429. The van der Waals surface area contributed by atoms with E-state index >= 15 is 0 Å². The molecule has 1 aromatic carbocycles. The van der Waals surface area contributed by atoms with Crippen molar-refractivity contribution >= 4 is 11.8 Å². The number of hydrogen-bond acceptors (Lipinski definition) is 4. The molecule has 0 bridgehead atoms. The molecular weight excluding hydrogens is 246 g/mol. The maximum atomic E-state index is 12.6. The first-order chi connectivity index (χ1) is 9.17. The Morgan fingerprint density at radius 1 is 1.16 bits per heavy atom. The van der Waals surface area contributed by atoms with Gasteiger partial charge in [-0.3, -0.25) is 14.5 Å². The highest BCUT2D eigenvalue weighted by Crippen LogP contribution is 2.39. The number of fused-ring (bicyclic) bond motifs is 2. The number of hydrogen-bond donors (Lipinski definition) is 0. The second-order valence-electron chi connectivity index (χ2n) is 4.75. The summed E-state index contributed by atoms with van der Waals surface area (Å²) in [5.74, 6) is -0.582. The van der Waals surface area contributed by atoms with Crippen molar-refractivity contribution < 1.29 is 19.1 Å². The zero-order valence-electron chi connectivity index (χ0n) is 10.7. The van der Waals surface area contributed by atoms with Crippen molar-refractivity contribution in [2.45, 2.75) is 12.0 Å². The topological polar surface area (TPSA) is 55.8 Å². The zero-order chi connectivity index (χ0) is 13.5. The summed E-state index contributed by atoms with van der Waals surface area (Å²) in [5.41, 5.74) is 0.121. The van der Waals surface area contributed by atoms with Crippen LogP contribution in [0.1, 0.15) is 22.3 Å². The van der Waals surface area contributed by atoms with Crippen LogP contribution in [-0.4, -0.2) is 43.6 Å². The second-order valence-corrected chi connectivity index (χ2v) is 4.75. The van der Waals surface area contributed by atoms with Gasteiger partial charge in [-0.15, -0.1) is 0 Å². The Morgan fingerprint density at radius 2 is 1.95 bits per heavy atom. The molecule has 2 amide bonds. The van der Waals surface area contributed by atoms with Crippen molar-refractivity contribution in [2.24, 2.45) is 0 Å². The first-order valence-corrected chi connectivity index (χ1v) is 6.30. The third kappa shape index (κ3) is 1.69. The maximum Gasteiger partial charge on any atom is 0.266 e. The van der Waals surface area contributed by atoms with E-state index in [2.05, 4.69) is 0 Å². The number of ether oxygens (including phenoxy) is 2. The molecule has 1 unspecified atom stereocenters. The van der Waals surface area contributed by atoms with Gasteiger partial charge < -0.3 is 9.47 Å². The molecule has 5 heteroatoms. The Hall–Kier alpha value is -1.72. The fourth-order valence-corrected chi connectivity index (χ4v) is 2.73. The van der Waals surface area contributed by atoms with Gasteiger partial charge in [-0.1, -0.05) is 18.2 Å². The SMILES string of the molecule is CN1C(=O)c2ccccc2C2(CCOCCO2)C1=O. The summed E-state index contributed by atoms with van der Waals surface area (Å²) in [6.45, 7) is 1.26. The van der Waals surface area contributed by atoms with Crippen LogP contribution in [0.3, 0.4) is 0 Å². The molecule has 1 aromatic rings. The minimum atomic E-state index is -1.07. The average Bonchev–Trinajstić information content (AvgIpc) is 2.70. The fourth-order valence-electron chi connectivity index (χ4n) is 2.73. The predicted octanol–water partition coefficient (Wildman–Crippen LogP) is 0.931. The van der Waals surface area contributed by atoms with Gasteiger partial charge >= 0.3 is 0 Å². The van der Waals surface area contributed by atoms with Crippen LogP contribution in [0.25, 0.3) is 0 Å². The lowest BCUT2D eigenvalue weighted by Gasteiger charge is -2.39. The van der Waals surface area contributed by atoms with Crippen LogP contribution in [0.15, 0.2) is 24.3 Å². The van der Waals surface area contributed by atoms with E-state index < -0.39 is 5.60 Å². The lowest BCUT2D eigenvalue weighted by Crippen LogP contribution is -2.54. The zero-order valence-corrected chi connectivity index (χ0v) is 10.7. The summed E-state index contributed by atoms with van der Waals surface area (Å²) in [4.78, 5) is 25.9. The van der Waals surface area contributed by atoms with Crippen LogP contribution in [0.4, 0.5) is 0 Å². The molecule has 100 valence electrons. The van der Waals surface area contributed by atoms with Crippen molar-refractivity contribution in [3.8, 4) is 0 Å². The van der Waals surface area contributed by atoms with Crippen molar-refractivity contribution in [2.75, 3.05) is 26.9 Å². The summed E-state index contributed by atoms with van der Waals surface area (Å²) in [6.07, 6.45) is 0.431. The molecule has 5 nitrogen and oxygen atoms in total. The van der Waals surface area contributed by atoms with E-state index in [4.69, 9.17) is 9.47 Å². The van der Waals surface area contributed by atoms with Gasteiger partial charge in [-0.25, -0.2) is 0 Å². The smallest absolute Gasteiger partial charge is 0.266 e. The van der Waals surface area contributed by atoms with Crippen molar-refractivity contribution in [3.63, 3.8) is 0 Å². The first kappa shape index (κ1) is 12.3. The molecule has 2 aliphatic rings. The normalized spacial score (nSPS) is 27.3. The number of carbonyl (C=O) groups excluding carboxylic acids is 2. The van der Waals surface area contributed by atoms with Crippen LogP contribution in [-0.2, 0) is 19.9 Å².